The van der Waals surface area contributed by atoms with Crippen LogP contribution in [0.15, 0.2) is 54.6 Å². The molecule has 0 spiro atoms. The number of nitrogens with one attached hydrogen (secondary N) is 1. The van der Waals surface area contributed by atoms with Gasteiger partial charge in [0.15, 0.2) is 0 Å². The van der Waals surface area contributed by atoms with Crippen molar-refractivity contribution in [1.82, 2.24) is 0 Å². The van der Waals surface area contributed by atoms with Gasteiger partial charge in [-0.05, 0) is 38.1 Å². The minimum Gasteiger partial charge on any atom is -0.493 e. The number of rotatable bonds is 7. The zero-order chi connectivity index (χ0) is 15.8. The van der Waals surface area contributed by atoms with Gasteiger partial charge in [0, 0.05) is 0 Å². The molecule has 1 amide bonds. The highest BCUT2D eigenvalue weighted by molar-refractivity contribution is 5.92. The summed E-state index contributed by atoms with van der Waals surface area (Å²) in [6, 6.07) is 16.9. The Morgan fingerprint density at radius 2 is 1.73 bits per heavy atom. The molecule has 116 valence electrons. The van der Waals surface area contributed by atoms with Gasteiger partial charge in [-0.15, -0.1) is 0 Å². The molecule has 0 aliphatic carbocycles. The molecular formula is C18H21NO3. The molecule has 0 radical (unpaired) electrons. The second-order valence-electron chi connectivity index (χ2n) is 5.12. The molecule has 0 bridgehead atoms. The Hall–Kier alpha value is -2.49. The van der Waals surface area contributed by atoms with Crippen molar-refractivity contribution in [3.05, 3.63) is 54.6 Å². The third kappa shape index (κ3) is 5.13. The Bertz CT molecular complexity index is 596. The zero-order valence-corrected chi connectivity index (χ0v) is 12.9. The van der Waals surface area contributed by atoms with Gasteiger partial charge in [-0.25, -0.2) is 0 Å². The summed E-state index contributed by atoms with van der Waals surface area (Å²) in [5, 5.41) is 2.86. The first-order valence-corrected chi connectivity index (χ1v) is 7.38. The Morgan fingerprint density at radius 3 is 2.45 bits per heavy atom. The quantitative estimate of drug-likeness (QED) is 0.844. The summed E-state index contributed by atoms with van der Waals surface area (Å²) >= 11 is 0. The second-order valence-corrected chi connectivity index (χ2v) is 5.12. The van der Waals surface area contributed by atoms with Gasteiger partial charge in [0.1, 0.15) is 11.5 Å². The van der Waals surface area contributed by atoms with E-state index in [9.17, 15) is 4.79 Å². The molecule has 1 N–H and O–H groups in total. The summed E-state index contributed by atoms with van der Waals surface area (Å²) in [6.45, 7) is 4.24. The normalized spacial score (nSPS) is 10.3. The molecule has 4 heteroatoms. The molecule has 4 nitrogen and oxygen atoms in total. The van der Waals surface area contributed by atoms with Gasteiger partial charge < -0.3 is 14.8 Å². The lowest BCUT2D eigenvalue weighted by atomic mass is 10.2. The summed E-state index contributed by atoms with van der Waals surface area (Å²) < 4.78 is 11.2. The van der Waals surface area contributed by atoms with Crippen molar-refractivity contribution in [3.8, 4) is 11.5 Å². The van der Waals surface area contributed by atoms with Crippen molar-refractivity contribution in [2.24, 2.45) is 0 Å². The van der Waals surface area contributed by atoms with Crippen molar-refractivity contribution in [3.63, 3.8) is 0 Å². The van der Waals surface area contributed by atoms with Gasteiger partial charge >= 0.3 is 0 Å². The maximum atomic E-state index is 12.0. The third-order valence-electron chi connectivity index (χ3n) is 2.86. The van der Waals surface area contributed by atoms with Crippen molar-refractivity contribution in [2.45, 2.75) is 26.4 Å². The molecule has 0 unspecified atom stereocenters. The topological polar surface area (TPSA) is 47.6 Å². The van der Waals surface area contributed by atoms with Gasteiger partial charge in [0.25, 0.3) is 0 Å². The predicted octanol–water partition coefficient (Wildman–Crippen LogP) is 3.88. The molecule has 0 saturated carbocycles. The third-order valence-corrected chi connectivity index (χ3v) is 2.86. The van der Waals surface area contributed by atoms with Crippen molar-refractivity contribution >= 4 is 11.6 Å². The number of hydrogen-bond acceptors (Lipinski definition) is 3. The van der Waals surface area contributed by atoms with E-state index in [1.807, 2.05) is 68.4 Å². The van der Waals surface area contributed by atoms with Crippen LogP contribution in [-0.4, -0.2) is 18.6 Å². The van der Waals surface area contributed by atoms with Gasteiger partial charge in [-0.2, -0.15) is 0 Å². The van der Waals surface area contributed by atoms with Crippen LogP contribution in [0.4, 0.5) is 5.69 Å². The smallest absolute Gasteiger partial charge is 0.227 e. The molecule has 0 aromatic heterocycles. The van der Waals surface area contributed by atoms with E-state index in [1.165, 1.54) is 0 Å². The molecule has 2 aromatic carbocycles. The van der Waals surface area contributed by atoms with E-state index in [-0.39, 0.29) is 18.4 Å². The standard InChI is InChI=1S/C18H21NO3/c1-14(2)22-17-11-7-6-10-16(17)19-18(20)12-13-21-15-8-4-3-5-9-15/h3-11,14H,12-13H2,1-2H3,(H,19,20). The fourth-order valence-electron chi connectivity index (χ4n) is 1.92. The number of amides is 1. The van der Waals surface area contributed by atoms with Crippen molar-refractivity contribution < 1.29 is 14.3 Å². The van der Waals surface area contributed by atoms with E-state index in [0.29, 0.717) is 18.0 Å². The highest BCUT2D eigenvalue weighted by atomic mass is 16.5. The van der Waals surface area contributed by atoms with Crippen LogP contribution in [0.5, 0.6) is 11.5 Å². The highest BCUT2D eigenvalue weighted by Crippen LogP contribution is 2.24. The van der Waals surface area contributed by atoms with E-state index in [2.05, 4.69) is 5.32 Å². The molecule has 0 saturated heterocycles. The summed E-state index contributed by atoms with van der Waals surface area (Å²) in [6.07, 6.45) is 0.338. The number of para-hydroxylation sites is 3. The first-order chi connectivity index (χ1) is 10.6. The number of carbonyl (C=O) groups excluding carboxylic acids is 1. The average molecular weight is 299 g/mol. The summed E-state index contributed by atoms with van der Waals surface area (Å²) in [5.41, 5.74) is 0.681. The number of anilines is 1. The summed E-state index contributed by atoms with van der Waals surface area (Å²) in [7, 11) is 0. The van der Waals surface area contributed by atoms with Crippen LogP contribution in [-0.2, 0) is 4.79 Å². The van der Waals surface area contributed by atoms with E-state index in [0.717, 1.165) is 5.75 Å². The maximum absolute atomic E-state index is 12.0. The minimum absolute atomic E-state index is 0.0551. The summed E-state index contributed by atoms with van der Waals surface area (Å²) in [5.74, 6) is 1.34. The fourth-order valence-corrected chi connectivity index (χ4v) is 1.92. The minimum atomic E-state index is -0.101. The number of benzene rings is 2. The molecule has 0 atom stereocenters. The number of hydrogen-bond donors (Lipinski definition) is 1. The van der Waals surface area contributed by atoms with Crippen LogP contribution in [0.2, 0.25) is 0 Å². The largest absolute Gasteiger partial charge is 0.493 e. The van der Waals surface area contributed by atoms with Crippen LogP contribution < -0.4 is 14.8 Å². The first kappa shape index (κ1) is 15.9. The molecule has 22 heavy (non-hydrogen) atoms. The first-order valence-electron chi connectivity index (χ1n) is 7.38. The Kier molecular flexibility index (Phi) is 5.83. The van der Waals surface area contributed by atoms with Crippen LogP contribution in [0.25, 0.3) is 0 Å². The van der Waals surface area contributed by atoms with Crippen LogP contribution >= 0.6 is 0 Å². The Morgan fingerprint density at radius 1 is 1.05 bits per heavy atom. The summed E-state index contributed by atoms with van der Waals surface area (Å²) in [4.78, 5) is 12.0. The van der Waals surface area contributed by atoms with E-state index >= 15 is 0 Å². The lowest BCUT2D eigenvalue weighted by molar-refractivity contribution is -0.116. The predicted molar refractivity (Wildman–Crippen MR) is 87.4 cm³/mol. The maximum Gasteiger partial charge on any atom is 0.227 e. The average Bonchev–Trinajstić information content (AvgIpc) is 2.50. The van der Waals surface area contributed by atoms with Crippen molar-refractivity contribution in [1.29, 1.82) is 0 Å². The van der Waals surface area contributed by atoms with Crippen molar-refractivity contribution in [2.75, 3.05) is 11.9 Å². The van der Waals surface area contributed by atoms with E-state index in [1.54, 1.807) is 0 Å². The van der Waals surface area contributed by atoms with E-state index < -0.39 is 0 Å². The zero-order valence-electron chi connectivity index (χ0n) is 12.9. The van der Waals surface area contributed by atoms with Gasteiger partial charge in [0.05, 0.1) is 24.8 Å². The fraction of sp³-hybridized carbons (Fsp3) is 0.278. The number of carbonyl (C=O) groups is 1. The van der Waals surface area contributed by atoms with Gasteiger partial charge in [0.2, 0.25) is 5.91 Å². The molecule has 2 rings (SSSR count). The molecule has 2 aromatic rings. The lowest BCUT2D eigenvalue weighted by Crippen LogP contribution is -2.16. The second kappa shape index (κ2) is 8.08. The van der Waals surface area contributed by atoms with Crippen LogP contribution in [0.1, 0.15) is 20.3 Å². The molecular weight excluding hydrogens is 278 g/mol. The van der Waals surface area contributed by atoms with E-state index in [4.69, 9.17) is 9.47 Å². The molecule has 0 aliphatic heterocycles. The van der Waals surface area contributed by atoms with Crippen LogP contribution in [0, 0.1) is 0 Å². The Balaban J connectivity index is 1.84. The molecule has 0 heterocycles. The monoisotopic (exact) mass is 299 g/mol. The lowest BCUT2D eigenvalue weighted by Gasteiger charge is -2.14. The van der Waals surface area contributed by atoms with Gasteiger partial charge in [-0.3, -0.25) is 4.79 Å². The molecule has 0 fully saturated rings. The van der Waals surface area contributed by atoms with Crippen LogP contribution in [0.3, 0.4) is 0 Å². The van der Waals surface area contributed by atoms with Gasteiger partial charge in [-0.1, -0.05) is 30.3 Å². The highest BCUT2D eigenvalue weighted by Gasteiger charge is 2.08. The SMILES string of the molecule is CC(C)Oc1ccccc1NC(=O)CCOc1ccccc1. The Labute approximate surface area is 131 Å². The number of ether oxygens (including phenoxy) is 2. The molecule has 0 aliphatic rings.